The highest BCUT2D eigenvalue weighted by Gasteiger charge is 2.35. The van der Waals surface area contributed by atoms with E-state index in [0.29, 0.717) is 24.8 Å². The molecule has 2 amide bonds. The summed E-state index contributed by atoms with van der Waals surface area (Å²) in [5.74, 6) is -1.12. The van der Waals surface area contributed by atoms with Crippen LogP contribution < -0.4 is 10.6 Å². The topological polar surface area (TPSA) is 61.4 Å². The molecule has 1 aromatic rings. The fourth-order valence-electron chi connectivity index (χ4n) is 2.94. The summed E-state index contributed by atoms with van der Waals surface area (Å²) in [6.07, 6.45) is 3.36. The second-order valence-electron chi connectivity index (χ2n) is 5.84. The SMILES string of the molecule is CC1CCCC(CO)(NC(=O)Nc2ccc(F)cc2F)C1. The number of hydrogen-bond donors (Lipinski definition) is 3. The maximum absolute atomic E-state index is 13.5. The number of amides is 2. The lowest BCUT2D eigenvalue weighted by Crippen LogP contribution is -2.55. The molecule has 0 radical (unpaired) electrons. The largest absolute Gasteiger partial charge is 0.394 e. The van der Waals surface area contributed by atoms with Gasteiger partial charge in [0.2, 0.25) is 0 Å². The van der Waals surface area contributed by atoms with Crippen LogP contribution in [0, 0.1) is 17.6 Å². The Morgan fingerprint density at radius 1 is 1.48 bits per heavy atom. The first-order chi connectivity index (χ1) is 9.94. The summed E-state index contributed by atoms with van der Waals surface area (Å²) in [6, 6.07) is 2.35. The zero-order chi connectivity index (χ0) is 15.5. The average molecular weight is 298 g/mol. The molecule has 0 saturated heterocycles. The molecule has 0 aliphatic heterocycles. The van der Waals surface area contributed by atoms with Crippen molar-refractivity contribution in [1.82, 2.24) is 5.32 Å². The Labute approximate surface area is 122 Å². The van der Waals surface area contributed by atoms with Crippen molar-refractivity contribution in [3.63, 3.8) is 0 Å². The number of aliphatic hydroxyl groups excluding tert-OH is 1. The van der Waals surface area contributed by atoms with Crippen molar-refractivity contribution in [3.05, 3.63) is 29.8 Å². The number of halogens is 2. The Bertz CT molecular complexity index is 524. The third-order valence-electron chi connectivity index (χ3n) is 3.95. The highest BCUT2D eigenvalue weighted by molar-refractivity contribution is 5.89. The Kier molecular flexibility index (Phi) is 4.77. The normalized spacial score (nSPS) is 25.4. The van der Waals surface area contributed by atoms with Crippen LogP contribution in [0.2, 0.25) is 0 Å². The van der Waals surface area contributed by atoms with Gasteiger partial charge in [-0.25, -0.2) is 13.6 Å². The van der Waals surface area contributed by atoms with Crippen LogP contribution in [0.3, 0.4) is 0 Å². The van der Waals surface area contributed by atoms with Gasteiger partial charge in [0.05, 0.1) is 17.8 Å². The van der Waals surface area contributed by atoms with E-state index in [2.05, 4.69) is 17.6 Å². The summed E-state index contributed by atoms with van der Waals surface area (Å²) in [5.41, 5.74) is -0.760. The summed E-state index contributed by atoms with van der Waals surface area (Å²) in [4.78, 5) is 12.0. The number of anilines is 1. The molecule has 1 saturated carbocycles. The van der Waals surface area contributed by atoms with Crippen molar-refractivity contribution < 1.29 is 18.7 Å². The molecule has 1 aromatic carbocycles. The van der Waals surface area contributed by atoms with Gasteiger partial charge in [-0.05, 0) is 30.9 Å². The van der Waals surface area contributed by atoms with Gasteiger partial charge in [-0.2, -0.15) is 0 Å². The molecule has 6 heteroatoms. The standard InChI is InChI=1S/C15H20F2N2O2/c1-10-3-2-6-15(8-10,9-20)19-14(21)18-13-5-4-11(16)7-12(13)17/h4-5,7,10,20H,2-3,6,8-9H2,1H3,(H2,18,19,21). The van der Waals surface area contributed by atoms with E-state index in [1.807, 2.05) is 0 Å². The van der Waals surface area contributed by atoms with Crippen LogP contribution in [0.15, 0.2) is 18.2 Å². The molecule has 4 nitrogen and oxygen atoms in total. The van der Waals surface area contributed by atoms with Crippen LogP contribution in [0.1, 0.15) is 32.6 Å². The summed E-state index contributed by atoms with van der Waals surface area (Å²) in [5, 5.41) is 14.7. The van der Waals surface area contributed by atoms with E-state index in [1.165, 1.54) is 6.07 Å². The molecule has 0 bridgehead atoms. The zero-order valence-corrected chi connectivity index (χ0v) is 12.0. The first-order valence-corrected chi connectivity index (χ1v) is 7.09. The number of aliphatic hydroxyl groups is 1. The molecule has 0 spiro atoms. The van der Waals surface area contributed by atoms with Crippen LogP contribution in [0.5, 0.6) is 0 Å². The van der Waals surface area contributed by atoms with Crippen molar-refractivity contribution in [3.8, 4) is 0 Å². The molecule has 1 aliphatic rings. The quantitative estimate of drug-likeness (QED) is 0.803. The van der Waals surface area contributed by atoms with Gasteiger partial charge in [-0.3, -0.25) is 0 Å². The number of urea groups is 1. The van der Waals surface area contributed by atoms with Gasteiger partial charge < -0.3 is 15.7 Å². The van der Waals surface area contributed by atoms with Gasteiger partial charge >= 0.3 is 6.03 Å². The van der Waals surface area contributed by atoms with Gasteiger partial charge in [-0.1, -0.05) is 19.8 Å². The van der Waals surface area contributed by atoms with Crippen LogP contribution in [0.25, 0.3) is 0 Å². The van der Waals surface area contributed by atoms with Gasteiger partial charge in [-0.15, -0.1) is 0 Å². The molecule has 0 aromatic heterocycles. The number of benzene rings is 1. The minimum absolute atomic E-state index is 0.0918. The Hall–Kier alpha value is -1.69. The molecule has 21 heavy (non-hydrogen) atoms. The van der Waals surface area contributed by atoms with E-state index in [9.17, 15) is 18.7 Å². The number of hydrogen-bond acceptors (Lipinski definition) is 2. The van der Waals surface area contributed by atoms with Gasteiger partial charge in [0, 0.05) is 6.07 Å². The molecule has 2 atom stereocenters. The fraction of sp³-hybridized carbons (Fsp3) is 0.533. The minimum Gasteiger partial charge on any atom is -0.394 e. The molecule has 1 fully saturated rings. The smallest absolute Gasteiger partial charge is 0.319 e. The van der Waals surface area contributed by atoms with Gasteiger partial charge in [0.15, 0.2) is 0 Å². The first-order valence-electron chi connectivity index (χ1n) is 7.09. The van der Waals surface area contributed by atoms with E-state index in [-0.39, 0.29) is 12.3 Å². The van der Waals surface area contributed by atoms with Crippen molar-refractivity contribution >= 4 is 11.7 Å². The summed E-state index contributed by atoms with van der Waals surface area (Å²) in [6.45, 7) is 1.92. The molecule has 0 heterocycles. The van der Waals surface area contributed by atoms with Crippen molar-refractivity contribution in [2.45, 2.75) is 38.1 Å². The maximum atomic E-state index is 13.5. The second-order valence-corrected chi connectivity index (χ2v) is 5.84. The third kappa shape index (κ3) is 3.91. The van der Waals surface area contributed by atoms with E-state index < -0.39 is 23.2 Å². The van der Waals surface area contributed by atoms with E-state index in [4.69, 9.17) is 0 Å². The summed E-state index contributed by atoms with van der Waals surface area (Å²) in [7, 11) is 0. The Balaban J connectivity index is 2.03. The van der Waals surface area contributed by atoms with Gasteiger partial charge in [0.1, 0.15) is 11.6 Å². The molecule has 2 unspecified atom stereocenters. The summed E-state index contributed by atoms with van der Waals surface area (Å²) >= 11 is 0. The van der Waals surface area contributed by atoms with Crippen LogP contribution in [-0.4, -0.2) is 23.3 Å². The molecular weight excluding hydrogens is 278 g/mol. The monoisotopic (exact) mass is 298 g/mol. The number of carbonyl (C=O) groups excluding carboxylic acids is 1. The molecule has 2 rings (SSSR count). The Morgan fingerprint density at radius 2 is 2.24 bits per heavy atom. The maximum Gasteiger partial charge on any atom is 0.319 e. The van der Waals surface area contributed by atoms with E-state index in [1.54, 1.807) is 0 Å². The highest BCUT2D eigenvalue weighted by atomic mass is 19.1. The number of carbonyl (C=O) groups is 1. The number of nitrogens with one attached hydrogen (secondary N) is 2. The predicted octanol–water partition coefficient (Wildman–Crippen LogP) is 3.03. The van der Waals surface area contributed by atoms with E-state index in [0.717, 1.165) is 18.9 Å². The number of rotatable bonds is 3. The lowest BCUT2D eigenvalue weighted by atomic mass is 9.77. The molecular formula is C15H20F2N2O2. The molecule has 1 aliphatic carbocycles. The predicted molar refractivity (Wildman–Crippen MR) is 76.0 cm³/mol. The molecule has 3 N–H and O–H groups in total. The highest BCUT2D eigenvalue weighted by Crippen LogP contribution is 2.32. The first kappa shape index (κ1) is 15.7. The molecule has 116 valence electrons. The van der Waals surface area contributed by atoms with Crippen LogP contribution in [0.4, 0.5) is 19.3 Å². The third-order valence-corrected chi connectivity index (χ3v) is 3.95. The lowest BCUT2D eigenvalue weighted by molar-refractivity contribution is 0.108. The summed E-state index contributed by atoms with van der Waals surface area (Å²) < 4.78 is 26.3. The minimum atomic E-state index is -0.833. The van der Waals surface area contributed by atoms with Crippen molar-refractivity contribution in [1.29, 1.82) is 0 Å². The second kappa shape index (κ2) is 6.39. The zero-order valence-electron chi connectivity index (χ0n) is 12.0. The van der Waals surface area contributed by atoms with Crippen LogP contribution >= 0.6 is 0 Å². The Morgan fingerprint density at radius 3 is 2.86 bits per heavy atom. The van der Waals surface area contributed by atoms with Crippen molar-refractivity contribution in [2.24, 2.45) is 5.92 Å². The average Bonchev–Trinajstić information content (AvgIpc) is 2.42. The van der Waals surface area contributed by atoms with E-state index >= 15 is 0 Å². The lowest BCUT2D eigenvalue weighted by Gasteiger charge is -2.39. The fourth-order valence-corrected chi connectivity index (χ4v) is 2.94. The van der Waals surface area contributed by atoms with Crippen LogP contribution in [-0.2, 0) is 0 Å². The van der Waals surface area contributed by atoms with Crippen molar-refractivity contribution in [2.75, 3.05) is 11.9 Å². The van der Waals surface area contributed by atoms with Gasteiger partial charge in [0.25, 0.3) is 0 Å².